The molecule has 0 spiro atoms. The summed E-state index contributed by atoms with van der Waals surface area (Å²) in [6, 6.07) is 2.84. The average Bonchev–Trinajstić information content (AvgIpc) is 2.32. The fourth-order valence-corrected chi connectivity index (χ4v) is 2.16. The zero-order valence-electron chi connectivity index (χ0n) is 10.7. The van der Waals surface area contributed by atoms with Gasteiger partial charge in [-0.15, -0.1) is 0 Å². The van der Waals surface area contributed by atoms with Gasteiger partial charge in [0.15, 0.2) is 0 Å². The number of carbonyl (C=O) groups is 1. The van der Waals surface area contributed by atoms with Crippen LogP contribution in [0.3, 0.4) is 0 Å². The molecule has 0 aliphatic heterocycles. The number of nitrogens with zero attached hydrogens (tertiary/aromatic N) is 1. The van der Waals surface area contributed by atoms with E-state index in [1.165, 1.54) is 10.6 Å². The van der Waals surface area contributed by atoms with E-state index in [1.807, 2.05) is 6.07 Å². The second-order valence-electron chi connectivity index (χ2n) is 4.00. The van der Waals surface area contributed by atoms with Crippen LogP contribution in [0.1, 0.15) is 39.2 Å². The number of esters is 1. The molecular weight excluding hydrogens is 345 g/mol. The molecule has 0 bridgehead atoms. The first-order valence-corrected chi connectivity index (χ1v) is 7.22. The normalized spacial score (nSPS) is 12.2. The number of hydrogen-bond donors (Lipinski definition) is 0. The maximum absolute atomic E-state index is 11.9. The summed E-state index contributed by atoms with van der Waals surface area (Å²) >= 11 is 2.08. The highest BCUT2D eigenvalue weighted by atomic mass is 127. The van der Waals surface area contributed by atoms with Crippen LogP contribution in [0.4, 0.5) is 0 Å². The molecule has 0 aliphatic carbocycles. The third-order valence-electron chi connectivity index (χ3n) is 2.64. The first-order valence-electron chi connectivity index (χ1n) is 6.14. The lowest BCUT2D eigenvalue weighted by molar-refractivity contribution is -0.147. The molecule has 5 heteroatoms. The van der Waals surface area contributed by atoms with Gasteiger partial charge in [0.1, 0.15) is 6.04 Å². The molecule has 1 rings (SSSR count). The molecule has 0 aromatic carbocycles. The van der Waals surface area contributed by atoms with Crippen molar-refractivity contribution in [2.75, 3.05) is 6.61 Å². The molecule has 1 aromatic rings. The fourth-order valence-electron chi connectivity index (χ4n) is 1.73. The Kier molecular flexibility index (Phi) is 6.38. The zero-order valence-corrected chi connectivity index (χ0v) is 12.8. The summed E-state index contributed by atoms with van der Waals surface area (Å²) in [6.07, 6.45) is 4.17. The van der Waals surface area contributed by atoms with Crippen LogP contribution in [0.2, 0.25) is 0 Å². The minimum absolute atomic E-state index is 0.156. The molecule has 100 valence electrons. The lowest BCUT2D eigenvalue weighted by Gasteiger charge is -2.18. The van der Waals surface area contributed by atoms with Gasteiger partial charge in [-0.1, -0.05) is 19.8 Å². The molecule has 0 N–H and O–H groups in total. The largest absolute Gasteiger partial charge is 0.464 e. The van der Waals surface area contributed by atoms with Crippen molar-refractivity contribution in [1.82, 2.24) is 4.57 Å². The number of halogens is 1. The molecule has 4 nitrogen and oxygen atoms in total. The van der Waals surface area contributed by atoms with E-state index in [-0.39, 0.29) is 11.5 Å². The third kappa shape index (κ3) is 4.12. The Morgan fingerprint density at radius 3 is 2.78 bits per heavy atom. The van der Waals surface area contributed by atoms with E-state index in [4.69, 9.17) is 4.74 Å². The summed E-state index contributed by atoms with van der Waals surface area (Å²) < 4.78 is 7.38. The topological polar surface area (TPSA) is 48.3 Å². The van der Waals surface area contributed by atoms with Crippen molar-refractivity contribution in [1.29, 1.82) is 0 Å². The Morgan fingerprint density at radius 2 is 2.22 bits per heavy atom. The fraction of sp³-hybridized carbons (Fsp3) is 0.538. The van der Waals surface area contributed by atoms with Crippen LogP contribution < -0.4 is 5.56 Å². The van der Waals surface area contributed by atoms with Gasteiger partial charge < -0.3 is 9.30 Å². The summed E-state index contributed by atoms with van der Waals surface area (Å²) in [6.45, 7) is 4.16. The van der Waals surface area contributed by atoms with E-state index >= 15 is 0 Å². The number of hydrogen-bond acceptors (Lipinski definition) is 3. The average molecular weight is 363 g/mol. The van der Waals surface area contributed by atoms with Crippen LogP contribution in [0.25, 0.3) is 0 Å². The van der Waals surface area contributed by atoms with Gasteiger partial charge in [-0.2, -0.15) is 0 Å². The number of rotatable bonds is 6. The van der Waals surface area contributed by atoms with Gasteiger partial charge in [0.05, 0.1) is 6.61 Å². The minimum Gasteiger partial charge on any atom is -0.464 e. The molecule has 1 aromatic heterocycles. The zero-order chi connectivity index (χ0) is 13.5. The van der Waals surface area contributed by atoms with Gasteiger partial charge in [0, 0.05) is 15.8 Å². The lowest BCUT2D eigenvalue weighted by Crippen LogP contribution is -2.30. The Balaban J connectivity index is 3.01. The van der Waals surface area contributed by atoms with Gasteiger partial charge in [-0.3, -0.25) is 4.79 Å². The van der Waals surface area contributed by atoms with Crippen molar-refractivity contribution in [2.24, 2.45) is 0 Å². The van der Waals surface area contributed by atoms with Gasteiger partial charge in [0.25, 0.3) is 5.56 Å². The molecule has 0 saturated carbocycles. The SMILES string of the molecule is CCCC[C@H](C(=O)OCC)n1ccc(I)cc1=O. The number of pyridine rings is 1. The third-order valence-corrected chi connectivity index (χ3v) is 3.31. The van der Waals surface area contributed by atoms with E-state index in [0.717, 1.165) is 16.4 Å². The highest BCUT2D eigenvalue weighted by Gasteiger charge is 2.21. The minimum atomic E-state index is -0.505. The highest BCUT2D eigenvalue weighted by Crippen LogP contribution is 2.16. The van der Waals surface area contributed by atoms with E-state index in [2.05, 4.69) is 29.5 Å². The molecule has 0 saturated heterocycles. The lowest BCUT2D eigenvalue weighted by atomic mass is 10.1. The monoisotopic (exact) mass is 363 g/mol. The molecule has 0 unspecified atom stereocenters. The summed E-state index contributed by atoms with van der Waals surface area (Å²) in [7, 11) is 0. The van der Waals surface area contributed by atoms with Crippen LogP contribution in [0, 0.1) is 3.57 Å². The number of unbranched alkanes of at least 4 members (excludes halogenated alkanes) is 1. The number of aromatic nitrogens is 1. The molecule has 1 atom stereocenters. The van der Waals surface area contributed by atoms with Crippen molar-refractivity contribution in [3.63, 3.8) is 0 Å². The Bertz CT molecular complexity index is 456. The van der Waals surface area contributed by atoms with E-state index < -0.39 is 6.04 Å². The Labute approximate surface area is 120 Å². The van der Waals surface area contributed by atoms with Crippen molar-refractivity contribution < 1.29 is 9.53 Å². The maximum atomic E-state index is 11.9. The first kappa shape index (κ1) is 15.2. The van der Waals surface area contributed by atoms with Crippen LogP contribution >= 0.6 is 22.6 Å². The maximum Gasteiger partial charge on any atom is 0.329 e. The van der Waals surface area contributed by atoms with E-state index in [9.17, 15) is 9.59 Å². The summed E-state index contributed by atoms with van der Waals surface area (Å²) in [5.41, 5.74) is -0.156. The Morgan fingerprint density at radius 1 is 1.50 bits per heavy atom. The van der Waals surface area contributed by atoms with Crippen molar-refractivity contribution in [3.05, 3.63) is 32.3 Å². The first-order chi connectivity index (χ1) is 8.60. The smallest absolute Gasteiger partial charge is 0.329 e. The van der Waals surface area contributed by atoms with Crippen LogP contribution in [-0.2, 0) is 9.53 Å². The second kappa shape index (κ2) is 7.56. The van der Waals surface area contributed by atoms with Gasteiger partial charge in [-0.25, -0.2) is 4.79 Å². The highest BCUT2D eigenvalue weighted by molar-refractivity contribution is 14.1. The molecule has 0 aliphatic rings. The molecule has 0 fully saturated rings. The summed E-state index contributed by atoms with van der Waals surface area (Å²) in [5.74, 6) is -0.325. The van der Waals surface area contributed by atoms with E-state index in [0.29, 0.717) is 13.0 Å². The van der Waals surface area contributed by atoms with Crippen molar-refractivity contribution in [3.8, 4) is 0 Å². The number of ether oxygens (including phenoxy) is 1. The van der Waals surface area contributed by atoms with E-state index in [1.54, 1.807) is 13.1 Å². The molecule has 1 heterocycles. The van der Waals surface area contributed by atoms with Gasteiger partial charge in [-0.05, 0) is 42.0 Å². The molecule has 0 radical (unpaired) electrons. The second-order valence-corrected chi connectivity index (χ2v) is 5.25. The summed E-state index contributed by atoms with van der Waals surface area (Å²) in [4.78, 5) is 23.8. The van der Waals surface area contributed by atoms with Gasteiger partial charge >= 0.3 is 5.97 Å². The van der Waals surface area contributed by atoms with Crippen LogP contribution in [0.5, 0.6) is 0 Å². The molecule has 18 heavy (non-hydrogen) atoms. The Hall–Kier alpha value is -0.850. The van der Waals surface area contributed by atoms with Gasteiger partial charge in [0.2, 0.25) is 0 Å². The quantitative estimate of drug-likeness (QED) is 0.577. The number of carbonyl (C=O) groups excluding carboxylic acids is 1. The standard InChI is InChI=1S/C13H18INO3/c1-3-5-6-11(13(17)18-4-2)15-8-7-10(14)9-12(15)16/h7-9,11H,3-6H2,1-2H3/t11-/m1/s1. The van der Waals surface area contributed by atoms with Crippen LogP contribution in [0.15, 0.2) is 23.1 Å². The molecular formula is C13H18INO3. The predicted molar refractivity (Wildman–Crippen MR) is 78.6 cm³/mol. The van der Waals surface area contributed by atoms with Crippen LogP contribution in [-0.4, -0.2) is 17.1 Å². The summed E-state index contributed by atoms with van der Waals surface area (Å²) in [5, 5.41) is 0. The van der Waals surface area contributed by atoms with Crippen molar-refractivity contribution >= 4 is 28.6 Å². The predicted octanol–water partition coefficient (Wildman–Crippen LogP) is 2.75. The molecule has 0 amide bonds. The van der Waals surface area contributed by atoms with Crippen molar-refractivity contribution in [2.45, 2.75) is 39.2 Å².